The van der Waals surface area contributed by atoms with E-state index in [1.165, 1.54) is 11.6 Å². The van der Waals surface area contributed by atoms with E-state index in [1.54, 1.807) is 0 Å². The molecule has 88 valence electrons. The minimum absolute atomic E-state index is 0.162. The van der Waals surface area contributed by atoms with Crippen molar-refractivity contribution in [2.75, 3.05) is 12.3 Å². The van der Waals surface area contributed by atoms with Gasteiger partial charge in [0, 0.05) is 6.54 Å². The van der Waals surface area contributed by atoms with E-state index in [4.69, 9.17) is 0 Å². The Kier molecular flexibility index (Phi) is 5.22. The molecule has 0 unspecified atom stereocenters. The van der Waals surface area contributed by atoms with Crippen molar-refractivity contribution in [3.05, 3.63) is 48.6 Å². The summed E-state index contributed by atoms with van der Waals surface area (Å²) in [5, 5.41) is 0. The predicted octanol–water partition coefficient (Wildman–Crippen LogP) is 1.72. The van der Waals surface area contributed by atoms with Crippen molar-refractivity contribution in [1.29, 1.82) is 0 Å². The van der Waals surface area contributed by atoms with E-state index in [9.17, 15) is 8.42 Å². The topological polar surface area (TPSA) is 46.2 Å². The predicted molar refractivity (Wildman–Crippen MR) is 66.7 cm³/mol. The molecule has 0 aromatic heterocycles. The van der Waals surface area contributed by atoms with Crippen LogP contribution in [0.2, 0.25) is 0 Å². The van der Waals surface area contributed by atoms with Crippen molar-refractivity contribution in [2.45, 2.75) is 12.8 Å². The zero-order valence-corrected chi connectivity index (χ0v) is 10.0. The van der Waals surface area contributed by atoms with Crippen molar-refractivity contribution in [2.24, 2.45) is 0 Å². The molecule has 0 heterocycles. The van der Waals surface area contributed by atoms with Crippen molar-refractivity contribution >= 4 is 10.0 Å². The van der Waals surface area contributed by atoms with E-state index in [0.29, 0.717) is 13.0 Å². The van der Waals surface area contributed by atoms with E-state index in [0.717, 1.165) is 6.42 Å². The summed E-state index contributed by atoms with van der Waals surface area (Å²) < 4.78 is 25.3. The molecule has 1 aromatic carbocycles. The first-order valence-electron chi connectivity index (χ1n) is 5.26. The van der Waals surface area contributed by atoms with Crippen molar-refractivity contribution in [1.82, 2.24) is 4.72 Å². The molecule has 4 heteroatoms. The minimum atomic E-state index is -3.14. The van der Waals surface area contributed by atoms with E-state index < -0.39 is 10.0 Å². The molecule has 0 saturated carbocycles. The number of sulfonamides is 1. The Morgan fingerprint density at radius 3 is 2.56 bits per heavy atom. The van der Waals surface area contributed by atoms with Crippen LogP contribution in [-0.2, 0) is 16.4 Å². The molecule has 0 bridgehead atoms. The number of hydrogen-bond donors (Lipinski definition) is 1. The Bertz CT molecular complexity index is 412. The van der Waals surface area contributed by atoms with Crippen LogP contribution in [-0.4, -0.2) is 20.7 Å². The highest BCUT2D eigenvalue weighted by Crippen LogP contribution is 2.03. The molecule has 0 radical (unpaired) electrons. The van der Waals surface area contributed by atoms with Gasteiger partial charge in [0.1, 0.15) is 0 Å². The Balaban J connectivity index is 2.33. The third-order valence-corrected chi connectivity index (χ3v) is 3.60. The van der Waals surface area contributed by atoms with Crippen LogP contribution in [0.4, 0.5) is 0 Å². The van der Waals surface area contributed by atoms with Gasteiger partial charge in [-0.3, -0.25) is 0 Å². The van der Waals surface area contributed by atoms with Gasteiger partial charge in [0.15, 0.2) is 0 Å². The maximum absolute atomic E-state index is 11.4. The molecule has 1 aromatic rings. The molecule has 1 N–H and O–H groups in total. The minimum Gasteiger partial charge on any atom is -0.212 e. The first kappa shape index (κ1) is 12.9. The molecular formula is C12H17NO2S. The molecule has 0 saturated heterocycles. The number of hydrogen-bond acceptors (Lipinski definition) is 2. The molecule has 0 spiro atoms. The quantitative estimate of drug-likeness (QED) is 0.736. The van der Waals surface area contributed by atoms with Crippen LogP contribution < -0.4 is 4.72 Å². The summed E-state index contributed by atoms with van der Waals surface area (Å²) in [5.74, 6) is 0.162. The summed E-state index contributed by atoms with van der Waals surface area (Å²) in [6.45, 7) is 3.76. The summed E-state index contributed by atoms with van der Waals surface area (Å²) in [6, 6.07) is 9.87. The van der Waals surface area contributed by atoms with Crippen LogP contribution in [0.5, 0.6) is 0 Å². The van der Waals surface area contributed by atoms with E-state index in [2.05, 4.69) is 11.3 Å². The molecule has 3 nitrogen and oxygen atoms in total. The number of nitrogens with one attached hydrogen (secondary N) is 1. The molecule has 0 aliphatic carbocycles. The third kappa shape index (κ3) is 5.09. The number of benzene rings is 1. The standard InChI is InChI=1S/C12H17NO2S/c1-2-10-13-16(14,15)11-6-9-12-7-4-3-5-8-12/h2-5,7-8,13H,1,6,9-11H2. The van der Waals surface area contributed by atoms with Gasteiger partial charge in [0.25, 0.3) is 0 Å². The fraction of sp³-hybridized carbons (Fsp3) is 0.333. The zero-order chi connectivity index (χ0) is 11.9. The summed E-state index contributed by atoms with van der Waals surface area (Å²) in [6.07, 6.45) is 2.96. The van der Waals surface area contributed by atoms with Crippen LogP contribution in [0.25, 0.3) is 0 Å². The van der Waals surface area contributed by atoms with Gasteiger partial charge in [-0.05, 0) is 18.4 Å². The summed E-state index contributed by atoms with van der Waals surface area (Å²) in [7, 11) is -3.14. The van der Waals surface area contributed by atoms with Crippen LogP contribution in [0.15, 0.2) is 43.0 Å². The second kappa shape index (κ2) is 6.45. The molecule has 0 aliphatic heterocycles. The first-order valence-corrected chi connectivity index (χ1v) is 6.91. The number of rotatable bonds is 7. The van der Waals surface area contributed by atoms with Gasteiger partial charge in [-0.15, -0.1) is 6.58 Å². The highest BCUT2D eigenvalue weighted by atomic mass is 32.2. The van der Waals surface area contributed by atoms with Crippen LogP contribution >= 0.6 is 0 Å². The van der Waals surface area contributed by atoms with E-state index >= 15 is 0 Å². The molecule has 1 rings (SSSR count). The Hall–Kier alpha value is -1.13. The normalized spacial score (nSPS) is 11.2. The Labute approximate surface area is 97.2 Å². The summed E-state index contributed by atoms with van der Waals surface area (Å²) in [5.41, 5.74) is 1.17. The molecule has 0 amide bonds. The monoisotopic (exact) mass is 239 g/mol. The second-order valence-electron chi connectivity index (χ2n) is 3.55. The molecule has 0 fully saturated rings. The van der Waals surface area contributed by atoms with E-state index in [1.807, 2.05) is 30.3 Å². The molecule has 0 atom stereocenters. The average molecular weight is 239 g/mol. The highest BCUT2D eigenvalue weighted by Gasteiger charge is 2.07. The van der Waals surface area contributed by atoms with Crippen LogP contribution in [0.1, 0.15) is 12.0 Å². The van der Waals surface area contributed by atoms with Crippen molar-refractivity contribution in [3.63, 3.8) is 0 Å². The van der Waals surface area contributed by atoms with Gasteiger partial charge in [-0.1, -0.05) is 36.4 Å². The van der Waals surface area contributed by atoms with Gasteiger partial charge < -0.3 is 0 Å². The lowest BCUT2D eigenvalue weighted by Crippen LogP contribution is -2.26. The number of aryl methyl sites for hydroxylation is 1. The largest absolute Gasteiger partial charge is 0.212 e. The van der Waals surface area contributed by atoms with Crippen molar-refractivity contribution in [3.8, 4) is 0 Å². The Morgan fingerprint density at radius 1 is 1.25 bits per heavy atom. The highest BCUT2D eigenvalue weighted by molar-refractivity contribution is 7.89. The SMILES string of the molecule is C=CCNS(=O)(=O)CCCc1ccccc1. The fourth-order valence-electron chi connectivity index (χ4n) is 1.37. The van der Waals surface area contributed by atoms with Gasteiger partial charge >= 0.3 is 0 Å². The zero-order valence-electron chi connectivity index (χ0n) is 9.22. The molecule has 0 aliphatic rings. The molecular weight excluding hydrogens is 222 g/mol. The fourth-order valence-corrected chi connectivity index (χ4v) is 2.41. The molecule has 16 heavy (non-hydrogen) atoms. The van der Waals surface area contributed by atoms with Gasteiger partial charge in [-0.2, -0.15) is 0 Å². The maximum Gasteiger partial charge on any atom is 0.211 e. The average Bonchev–Trinajstić information content (AvgIpc) is 2.28. The third-order valence-electron chi connectivity index (χ3n) is 2.17. The van der Waals surface area contributed by atoms with Crippen molar-refractivity contribution < 1.29 is 8.42 Å². The smallest absolute Gasteiger partial charge is 0.211 e. The Morgan fingerprint density at radius 2 is 1.94 bits per heavy atom. The first-order chi connectivity index (χ1) is 7.64. The lowest BCUT2D eigenvalue weighted by molar-refractivity contribution is 0.583. The van der Waals surface area contributed by atoms with Crippen LogP contribution in [0, 0.1) is 0 Å². The van der Waals surface area contributed by atoms with Gasteiger partial charge in [-0.25, -0.2) is 13.1 Å². The maximum atomic E-state index is 11.4. The summed E-state index contributed by atoms with van der Waals surface area (Å²) >= 11 is 0. The summed E-state index contributed by atoms with van der Waals surface area (Å²) in [4.78, 5) is 0. The van der Waals surface area contributed by atoms with Crippen LogP contribution in [0.3, 0.4) is 0 Å². The lowest BCUT2D eigenvalue weighted by atomic mass is 10.1. The van der Waals surface area contributed by atoms with Gasteiger partial charge in [0.05, 0.1) is 5.75 Å². The second-order valence-corrected chi connectivity index (χ2v) is 5.47. The van der Waals surface area contributed by atoms with Gasteiger partial charge in [0.2, 0.25) is 10.0 Å². The van der Waals surface area contributed by atoms with E-state index in [-0.39, 0.29) is 5.75 Å². The lowest BCUT2D eigenvalue weighted by Gasteiger charge is -2.04.